The summed E-state index contributed by atoms with van der Waals surface area (Å²) in [7, 11) is 0. The quantitative estimate of drug-likeness (QED) is 0.841. The normalized spacial score (nSPS) is 18.5. The van der Waals surface area contributed by atoms with Crippen molar-refractivity contribution in [1.82, 2.24) is 9.88 Å². The van der Waals surface area contributed by atoms with Crippen molar-refractivity contribution >= 4 is 22.4 Å². The number of carbonyl (C=O) groups is 1. The van der Waals surface area contributed by atoms with E-state index in [1.165, 1.54) is 16.0 Å². The molecule has 3 heterocycles. The van der Waals surface area contributed by atoms with Crippen LogP contribution in [-0.4, -0.2) is 35.4 Å². The Morgan fingerprint density at radius 2 is 1.92 bits per heavy atom. The first-order valence-electron chi connectivity index (χ1n) is 8.73. The fourth-order valence-electron chi connectivity index (χ4n) is 3.75. The Bertz CT molecular complexity index is 734. The Balaban J connectivity index is 1.37. The molecule has 1 aromatic heterocycles. The first kappa shape index (κ1) is 15.6. The zero-order chi connectivity index (χ0) is 16.5. The average Bonchev–Trinajstić information content (AvgIpc) is 3.07. The van der Waals surface area contributed by atoms with Gasteiger partial charge in [-0.25, -0.2) is 4.98 Å². The van der Waals surface area contributed by atoms with Crippen LogP contribution in [0.15, 0.2) is 30.5 Å². The number of aryl methyl sites for hydroxylation is 1. The minimum atomic E-state index is 0.174. The van der Waals surface area contributed by atoms with E-state index < -0.39 is 0 Å². The molecule has 0 radical (unpaired) electrons. The van der Waals surface area contributed by atoms with Crippen molar-refractivity contribution < 1.29 is 4.79 Å². The number of nitrogens with zero attached hydrogens (tertiary/aromatic N) is 3. The van der Waals surface area contributed by atoms with Crippen molar-refractivity contribution in [2.24, 2.45) is 5.92 Å². The topological polar surface area (TPSA) is 36.4 Å². The summed E-state index contributed by atoms with van der Waals surface area (Å²) in [6.45, 7) is 5.61. The maximum absolute atomic E-state index is 12.9. The lowest BCUT2D eigenvalue weighted by Crippen LogP contribution is -2.44. The Morgan fingerprint density at radius 1 is 1.17 bits per heavy atom. The van der Waals surface area contributed by atoms with E-state index in [1.807, 2.05) is 6.20 Å². The molecule has 2 aliphatic heterocycles. The monoisotopic (exact) mass is 341 g/mol. The van der Waals surface area contributed by atoms with Crippen molar-refractivity contribution in [3.63, 3.8) is 0 Å². The van der Waals surface area contributed by atoms with Gasteiger partial charge in [-0.05, 0) is 37.3 Å². The lowest BCUT2D eigenvalue weighted by molar-refractivity contribution is -0.137. The maximum Gasteiger partial charge on any atom is 0.226 e. The average molecular weight is 341 g/mol. The highest BCUT2D eigenvalue weighted by Crippen LogP contribution is 2.29. The van der Waals surface area contributed by atoms with Gasteiger partial charge in [-0.3, -0.25) is 4.79 Å². The number of anilines is 1. The second-order valence-electron chi connectivity index (χ2n) is 6.79. The second-order valence-corrected chi connectivity index (χ2v) is 8.01. The molecule has 5 heteroatoms. The number of rotatable bonds is 2. The highest BCUT2D eigenvalue weighted by molar-refractivity contribution is 7.15. The molecule has 0 bridgehead atoms. The van der Waals surface area contributed by atoms with Gasteiger partial charge in [0.2, 0.25) is 5.91 Å². The molecule has 1 saturated heterocycles. The van der Waals surface area contributed by atoms with Gasteiger partial charge in [-0.1, -0.05) is 24.3 Å². The van der Waals surface area contributed by atoms with Gasteiger partial charge in [0.1, 0.15) is 0 Å². The van der Waals surface area contributed by atoms with Crippen molar-refractivity contribution in [3.05, 3.63) is 46.5 Å². The molecular formula is C19H23N3OS. The van der Waals surface area contributed by atoms with Crippen molar-refractivity contribution in [1.29, 1.82) is 0 Å². The highest BCUT2D eigenvalue weighted by Gasteiger charge is 2.30. The number of piperidine rings is 1. The fourth-order valence-corrected chi connectivity index (χ4v) is 4.56. The number of thiazole rings is 1. The molecule has 4 rings (SSSR count). The van der Waals surface area contributed by atoms with E-state index in [2.05, 4.69) is 46.0 Å². The summed E-state index contributed by atoms with van der Waals surface area (Å²) in [6, 6.07) is 8.50. The standard InChI is InChI=1S/C19H23N3OS/c1-14-12-20-19(24-14)21-9-7-16(8-10-21)18(23)22-11-6-15-4-2-3-5-17(15)13-22/h2-5,12,16H,6-11,13H2,1H3. The van der Waals surface area contributed by atoms with Gasteiger partial charge in [-0.2, -0.15) is 0 Å². The molecular weight excluding hydrogens is 318 g/mol. The predicted octanol–water partition coefficient (Wildman–Crippen LogP) is 3.25. The molecule has 126 valence electrons. The molecule has 1 aromatic carbocycles. The summed E-state index contributed by atoms with van der Waals surface area (Å²) in [6.07, 6.45) is 4.80. The molecule has 24 heavy (non-hydrogen) atoms. The van der Waals surface area contributed by atoms with Gasteiger partial charge in [0, 0.05) is 43.2 Å². The lowest BCUT2D eigenvalue weighted by atomic mass is 9.93. The Morgan fingerprint density at radius 3 is 2.62 bits per heavy atom. The third kappa shape index (κ3) is 3.05. The summed E-state index contributed by atoms with van der Waals surface area (Å²) in [5.41, 5.74) is 2.71. The van der Waals surface area contributed by atoms with E-state index in [4.69, 9.17) is 0 Å². The van der Waals surface area contributed by atoms with Crippen LogP contribution < -0.4 is 4.90 Å². The van der Waals surface area contributed by atoms with E-state index in [0.717, 1.165) is 50.6 Å². The molecule has 0 N–H and O–H groups in total. The van der Waals surface area contributed by atoms with E-state index in [9.17, 15) is 4.79 Å². The molecule has 2 aromatic rings. The van der Waals surface area contributed by atoms with Gasteiger partial charge in [0.05, 0.1) is 0 Å². The van der Waals surface area contributed by atoms with Crippen molar-refractivity contribution in [3.8, 4) is 0 Å². The second kappa shape index (κ2) is 6.55. The molecule has 0 atom stereocenters. The highest BCUT2D eigenvalue weighted by atomic mass is 32.1. The summed E-state index contributed by atoms with van der Waals surface area (Å²) in [5, 5.41) is 1.10. The molecule has 1 fully saturated rings. The zero-order valence-electron chi connectivity index (χ0n) is 14.1. The van der Waals surface area contributed by atoms with E-state index in [0.29, 0.717) is 5.91 Å². The summed E-state index contributed by atoms with van der Waals surface area (Å²) in [4.78, 5) is 23.0. The molecule has 0 spiro atoms. The van der Waals surface area contributed by atoms with Gasteiger partial charge >= 0.3 is 0 Å². The van der Waals surface area contributed by atoms with Crippen LogP contribution in [0.1, 0.15) is 28.8 Å². The van der Waals surface area contributed by atoms with E-state index in [1.54, 1.807) is 11.3 Å². The minimum absolute atomic E-state index is 0.174. The Hall–Kier alpha value is -1.88. The van der Waals surface area contributed by atoms with Crippen molar-refractivity contribution in [2.45, 2.75) is 32.7 Å². The zero-order valence-corrected chi connectivity index (χ0v) is 14.9. The molecule has 0 unspecified atom stereocenters. The SMILES string of the molecule is Cc1cnc(N2CCC(C(=O)N3CCc4ccccc4C3)CC2)s1. The summed E-state index contributed by atoms with van der Waals surface area (Å²) < 4.78 is 0. The third-order valence-electron chi connectivity index (χ3n) is 5.17. The van der Waals surface area contributed by atoms with Crippen LogP contribution >= 0.6 is 11.3 Å². The first-order chi connectivity index (χ1) is 11.7. The van der Waals surface area contributed by atoms with Crippen LogP contribution in [-0.2, 0) is 17.8 Å². The van der Waals surface area contributed by atoms with Gasteiger partial charge in [-0.15, -0.1) is 11.3 Å². The number of benzene rings is 1. The number of hydrogen-bond acceptors (Lipinski definition) is 4. The number of amides is 1. The fraction of sp³-hybridized carbons (Fsp3) is 0.474. The molecule has 4 nitrogen and oxygen atoms in total. The number of fused-ring (bicyclic) bond motifs is 1. The molecule has 1 amide bonds. The smallest absolute Gasteiger partial charge is 0.226 e. The van der Waals surface area contributed by atoms with Crippen LogP contribution in [0.25, 0.3) is 0 Å². The van der Waals surface area contributed by atoms with Crippen molar-refractivity contribution in [2.75, 3.05) is 24.5 Å². The number of hydrogen-bond donors (Lipinski definition) is 0. The number of aromatic nitrogens is 1. The Labute approximate surface area is 147 Å². The number of carbonyl (C=O) groups excluding carboxylic acids is 1. The van der Waals surface area contributed by atoms with Gasteiger partial charge in [0.15, 0.2) is 5.13 Å². The lowest BCUT2D eigenvalue weighted by Gasteiger charge is -2.36. The molecule has 2 aliphatic rings. The van der Waals surface area contributed by atoms with E-state index in [-0.39, 0.29) is 5.92 Å². The predicted molar refractivity (Wildman–Crippen MR) is 97.4 cm³/mol. The van der Waals surface area contributed by atoms with Crippen LogP contribution in [0.2, 0.25) is 0 Å². The van der Waals surface area contributed by atoms with Gasteiger partial charge < -0.3 is 9.80 Å². The van der Waals surface area contributed by atoms with Gasteiger partial charge in [0.25, 0.3) is 0 Å². The Kier molecular flexibility index (Phi) is 4.27. The third-order valence-corrected chi connectivity index (χ3v) is 6.14. The van der Waals surface area contributed by atoms with Crippen LogP contribution in [0.4, 0.5) is 5.13 Å². The van der Waals surface area contributed by atoms with Crippen LogP contribution in [0, 0.1) is 12.8 Å². The molecule has 0 saturated carbocycles. The largest absolute Gasteiger partial charge is 0.348 e. The molecule has 0 aliphatic carbocycles. The summed E-state index contributed by atoms with van der Waals surface area (Å²) in [5.74, 6) is 0.520. The van der Waals surface area contributed by atoms with Crippen LogP contribution in [0.3, 0.4) is 0 Å². The minimum Gasteiger partial charge on any atom is -0.348 e. The first-order valence-corrected chi connectivity index (χ1v) is 9.55. The van der Waals surface area contributed by atoms with Crippen LogP contribution in [0.5, 0.6) is 0 Å². The van der Waals surface area contributed by atoms with E-state index >= 15 is 0 Å². The summed E-state index contributed by atoms with van der Waals surface area (Å²) >= 11 is 1.74. The maximum atomic E-state index is 12.9.